The third-order valence-electron chi connectivity index (χ3n) is 6.60. The highest BCUT2D eigenvalue weighted by molar-refractivity contribution is 5.45. The van der Waals surface area contributed by atoms with Crippen LogP contribution in [0.2, 0.25) is 0 Å². The van der Waals surface area contributed by atoms with E-state index in [2.05, 4.69) is 22.1 Å². The molecule has 1 atom stereocenters. The number of H-pyrrole nitrogens is 1. The number of fused-ring (bicyclic) bond motifs is 1. The number of aromatic hydroxyl groups is 1. The van der Waals surface area contributed by atoms with E-state index in [9.17, 15) is 15.0 Å². The molecule has 3 aromatic rings. The number of imidazole rings is 1. The van der Waals surface area contributed by atoms with Gasteiger partial charge >= 0.3 is 5.69 Å². The lowest BCUT2D eigenvalue weighted by molar-refractivity contribution is -0.180. The van der Waals surface area contributed by atoms with Gasteiger partial charge in [0.1, 0.15) is 5.75 Å². The molecule has 0 saturated carbocycles. The third kappa shape index (κ3) is 8.47. The molecule has 4 N–H and O–H groups in total. The van der Waals surface area contributed by atoms with Crippen LogP contribution >= 0.6 is 0 Å². The van der Waals surface area contributed by atoms with Crippen molar-refractivity contribution in [1.82, 2.24) is 14.9 Å². The molecule has 0 unspecified atom stereocenters. The van der Waals surface area contributed by atoms with Crippen LogP contribution in [0.25, 0.3) is 5.69 Å². The van der Waals surface area contributed by atoms with Gasteiger partial charge < -0.3 is 34.7 Å². The SMILES string of the molecule is CC1(C)OCc2cc([C@@H](O)CNCCCCCCOCCC#Cc3cccc(-n4c(O)c[nH]c4=O)c3)ccc2O1. The van der Waals surface area contributed by atoms with Gasteiger partial charge in [-0.15, -0.1) is 0 Å². The number of nitrogens with zero attached hydrogens (tertiary/aromatic N) is 1. The van der Waals surface area contributed by atoms with Crippen molar-refractivity contribution in [2.45, 2.75) is 64.4 Å². The average Bonchev–Trinajstić information content (AvgIpc) is 3.28. The van der Waals surface area contributed by atoms with Crippen LogP contribution in [0, 0.1) is 11.8 Å². The normalized spacial score (nSPS) is 14.6. The fourth-order valence-electron chi connectivity index (χ4n) is 4.45. The van der Waals surface area contributed by atoms with Gasteiger partial charge in [0.25, 0.3) is 0 Å². The first-order valence-corrected chi connectivity index (χ1v) is 13.8. The minimum atomic E-state index is -0.620. The molecular weight excluding hydrogens is 510 g/mol. The Morgan fingerprint density at radius 3 is 2.83 bits per heavy atom. The second kappa shape index (κ2) is 14.2. The van der Waals surface area contributed by atoms with Crippen LogP contribution in [-0.2, 0) is 16.1 Å². The molecule has 4 rings (SSSR count). The van der Waals surface area contributed by atoms with Gasteiger partial charge in [-0.2, -0.15) is 0 Å². The van der Waals surface area contributed by atoms with E-state index in [0.29, 0.717) is 38.5 Å². The average molecular weight is 550 g/mol. The second-order valence-corrected chi connectivity index (χ2v) is 10.3. The van der Waals surface area contributed by atoms with Crippen LogP contribution in [0.15, 0.2) is 53.5 Å². The highest BCUT2D eigenvalue weighted by Gasteiger charge is 2.27. The lowest BCUT2D eigenvalue weighted by Crippen LogP contribution is -2.35. The molecule has 0 bridgehead atoms. The molecule has 0 aliphatic carbocycles. The van der Waals surface area contributed by atoms with Crippen molar-refractivity contribution < 1.29 is 24.4 Å². The zero-order chi connectivity index (χ0) is 28.4. The van der Waals surface area contributed by atoms with Crippen LogP contribution in [-0.4, -0.2) is 51.9 Å². The van der Waals surface area contributed by atoms with Gasteiger partial charge in [0.05, 0.1) is 31.2 Å². The number of unbranched alkanes of at least 4 members (excludes halogenated alkanes) is 3. The minimum absolute atomic E-state index is 0.142. The molecule has 0 amide bonds. The summed E-state index contributed by atoms with van der Waals surface area (Å²) < 4.78 is 18.4. The van der Waals surface area contributed by atoms with E-state index < -0.39 is 17.6 Å². The first-order chi connectivity index (χ1) is 19.3. The lowest BCUT2D eigenvalue weighted by atomic mass is 10.0. The van der Waals surface area contributed by atoms with Crippen molar-refractivity contribution in [3.8, 4) is 29.2 Å². The Kier molecular flexibility index (Phi) is 10.4. The number of aliphatic hydroxyl groups is 1. The van der Waals surface area contributed by atoms with Gasteiger partial charge in [-0.3, -0.25) is 0 Å². The number of nitrogens with one attached hydrogen (secondary N) is 2. The summed E-state index contributed by atoms with van der Waals surface area (Å²) in [6.07, 6.45) is 5.55. The maximum atomic E-state index is 11.8. The summed E-state index contributed by atoms with van der Waals surface area (Å²) >= 11 is 0. The summed E-state index contributed by atoms with van der Waals surface area (Å²) in [6, 6.07) is 12.9. The Morgan fingerprint density at radius 2 is 2.00 bits per heavy atom. The Hall–Kier alpha value is -3.55. The van der Waals surface area contributed by atoms with Crippen LogP contribution < -0.4 is 15.7 Å². The number of aliphatic hydroxyl groups excluding tert-OH is 1. The Balaban J connectivity index is 1.02. The number of ether oxygens (including phenoxy) is 3. The van der Waals surface area contributed by atoms with E-state index >= 15 is 0 Å². The van der Waals surface area contributed by atoms with E-state index in [1.54, 1.807) is 18.2 Å². The van der Waals surface area contributed by atoms with Gasteiger partial charge in [0.2, 0.25) is 11.7 Å². The number of aromatic nitrogens is 2. The summed E-state index contributed by atoms with van der Waals surface area (Å²) in [4.78, 5) is 14.3. The number of rotatable bonds is 13. The van der Waals surface area contributed by atoms with E-state index in [-0.39, 0.29) is 5.88 Å². The molecular formula is C31H39N3O6. The molecule has 9 heteroatoms. The summed E-state index contributed by atoms with van der Waals surface area (Å²) in [5.74, 6) is 6.22. The fourth-order valence-corrected chi connectivity index (χ4v) is 4.45. The standard InChI is InChI=1S/C31H39N3O6/c1-31(2)39-22-25-19-24(13-14-28(25)40-31)27(35)20-32-15-6-3-4-7-16-38-17-8-5-10-23-11-9-12-26(18-23)34-29(36)21-33-30(34)37/h9,11-14,18-19,21,27,32,35-36H,3-4,6-8,15-17,20,22H2,1-2H3,(H,33,37)/t27-/m0/s1. The Morgan fingerprint density at radius 1 is 1.15 bits per heavy atom. The van der Waals surface area contributed by atoms with Gasteiger partial charge in [-0.05, 0) is 55.3 Å². The highest BCUT2D eigenvalue weighted by atomic mass is 16.7. The van der Waals surface area contributed by atoms with Crippen molar-refractivity contribution in [3.05, 3.63) is 75.8 Å². The number of benzene rings is 2. The predicted octanol–water partition coefficient (Wildman–Crippen LogP) is 4.16. The molecule has 0 radical (unpaired) electrons. The monoisotopic (exact) mass is 549 g/mol. The topological polar surface area (TPSA) is 118 Å². The van der Waals surface area contributed by atoms with Gasteiger partial charge in [-0.1, -0.05) is 36.8 Å². The predicted molar refractivity (Wildman–Crippen MR) is 153 cm³/mol. The van der Waals surface area contributed by atoms with Crippen molar-refractivity contribution in [3.63, 3.8) is 0 Å². The number of aromatic amines is 1. The third-order valence-corrected chi connectivity index (χ3v) is 6.60. The van der Waals surface area contributed by atoms with Gasteiger partial charge in [0, 0.05) is 44.5 Å². The zero-order valence-corrected chi connectivity index (χ0v) is 23.2. The molecule has 2 aromatic carbocycles. The molecule has 1 aliphatic rings. The first-order valence-electron chi connectivity index (χ1n) is 13.8. The van der Waals surface area contributed by atoms with Crippen molar-refractivity contribution in [2.24, 2.45) is 0 Å². The first kappa shape index (κ1) is 29.4. The van der Waals surface area contributed by atoms with Crippen LogP contribution in [0.3, 0.4) is 0 Å². The maximum absolute atomic E-state index is 11.8. The summed E-state index contributed by atoms with van der Waals surface area (Å²) in [6.45, 7) is 6.91. The Bertz CT molecular complexity index is 1370. The molecule has 40 heavy (non-hydrogen) atoms. The highest BCUT2D eigenvalue weighted by Crippen LogP contribution is 2.32. The molecule has 2 heterocycles. The molecule has 214 valence electrons. The fraction of sp³-hybridized carbons (Fsp3) is 0.452. The van der Waals surface area contributed by atoms with Gasteiger partial charge in [0.15, 0.2) is 0 Å². The summed E-state index contributed by atoms with van der Waals surface area (Å²) in [5, 5.41) is 23.7. The zero-order valence-electron chi connectivity index (χ0n) is 23.2. The van der Waals surface area contributed by atoms with E-state index in [4.69, 9.17) is 14.2 Å². The Labute approximate surface area is 235 Å². The van der Waals surface area contributed by atoms with Crippen LogP contribution in [0.1, 0.15) is 68.7 Å². The molecule has 1 aliphatic heterocycles. The van der Waals surface area contributed by atoms with Crippen LogP contribution in [0.4, 0.5) is 0 Å². The quantitative estimate of drug-likeness (QED) is 0.187. The van der Waals surface area contributed by atoms with Crippen molar-refractivity contribution in [1.29, 1.82) is 0 Å². The molecule has 1 aromatic heterocycles. The lowest BCUT2D eigenvalue weighted by Gasteiger charge is -2.33. The van der Waals surface area contributed by atoms with Crippen molar-refractivity contribution >= 4 is 0 Å². The van der Waals surface area contributed by atoms with Crippen LogP contribution in [0.5, 0.6) is 11.6 Å². The van der Waals surface area contributed by atoms with E-state index in [0.717, 1.165) is 54.7 Å². The summed E-state index contributed by atoms with van der Waals surface area (Å²) in [5.41, 5.74) is 2.75. The van der Waals surface area contributed by atoms with E-state index in [1.165, 1.54) is 10.8 Å². The molecule has 0 spiro atoms. The second-order valence-electron chi connectivity index (χ2n) is 10.3. The maximum Gasteiger partial charge on any atom is 0.333 e. The molecule has 9 nitrogen and oxygen atoms in total. The van der Waals surface area contributed by atoms with Gasteiger partial charge in [-0.25, -0.2) is 9.36 Å². The minimum Gasteiger partial charge on any atom is -0.493 e. The largest absolute Gasteiger partial charge is 0.493 e. The molecule has 0 saturated heterocycles. The smallest absolute Gasteiger partial charge is 0.333 e. The van der Waals surface area contributed by atoms with Crippen molar-refractivity contribution in [2.75, 3.05) is 26.3 Å². The summed E-state index contributed by atoms with van der Waals surface area (Å²) in [7, 11) is 0. The van der Waals surface area contributed by atoms with E-state index in [1.807, 2.05) is 38.1 Å². The number of hydrogen-bond acceptors (Lipinski definition) is 7. The molecule has 0 fully saturated rings. The number of hydrogen-bond donors (Lipinski definition) is 4.